The highest BCUT2D eigenvalue weighted by molar-refractivity contribution is 5.83. The van der Waals surface area contributed by atoms with Crippen molar-refractivity contribution in [3.63, 3.8) is 0 Å². The number of aromatic nitrogens is 2. The van der Waals surface area contributed by atoms with Crippen molar-refractivity contribution in [3.8, 4) is 22.7 Å². The Bertz CT molecular complexity index is 1370. The molecule has 1 saturated heterocycles. The number of rotatable bonds is 8. The minimum absolute atomic E-state index is 0.115. The first-order valence-electron chi connectivity index (χ1n) is 12.2. The number of ether oxygens (including phenoxy) is 2. The van der Waals surface area contributed by atoms with Crippen LogP contribution >= 0.6 is 0 Å². The molecule has 1 aromatic heterocycles. The van der Waals surface area contributed by atoms with E-state index in [0.717, 1.165) is 11.3 Å². The molecular weight excluding hydrogens is 476 g/mol. The van der Waals surface area contributed by atoms with E-state index >= 15 is 0 Å². The zero-order valence-electron chi connectivity index (χ0n) is 20.6. The number of hydrogen-bond acceptors (Lipinski definition) is 4. The van der Waals surface area contributed by atoms with Crippen LogP contribution in [0.1, 0.15) is 31.2 Å². The summed E-state index contributed by atoms with van der Waals surface area (Å²) in [7, 11) is 0. The van der Waals surface area contributed by atoms with Gasteiger partial charge in [0.2, 0.25) is 0 Å². The Labute approximate surface area is 214 Å². The molecule has 2 heterocycles. The average Bonchev–Trinajstić information content (AvgIpc) is 3.46. The molecular formula is C29H27F2N3O3. The number of carbonyl (C=O) groups is 1. The third kappa shape index (κ3) is 5.24. The van der Waals surface area contributed by atoms with Crippen molar-refractivity contribution in [2.24, 2.45) is 0 Å². The van der Waals surface area contributed by atoms with Gasteiger partial charge in [0.1, 0.15) is 29.2 Å². The smallest absolute Gasteiger partial charge is 0.253 e. The van der Waals surface area contributed by atoms with Crippen LogP contribution in [0.3, 0.4) is 0 Å². The van der Waals surface area contributed by atoms with Crippen molar-refractivity contribution >= 4 is 5.91 Å². The summed E-state index contributed by atoms with van der Waals surface area (Å²) in [6.07, 6.45) is 1.11. The molecule has 0 aliphatic carbocycles. The lowest BCUT2D eigenvalue weighted by molar-refractivity contribution is -0.130. The maximum absolute atomic E-state index is 13.7. The fourth-order valence-corrected chi connectivity index (χ4v) is 4.44. The first-order chi connectivity index (χ1) is 17.9. The van der Waals surface area contributed by atoms with E-state index in [2.05, 4.69) is 0 Å². The Balaban J connectivity index is 1.48. The van der Waals surface area contributed by atoms with Gasteiger partial charge in [-0.1, -0.05) is 12.1 Å². The highest BCUT2D eigenvalue weighted by atomic mass is 19.1. The van der Waals surface area contributed by atoms with E-state index in [9.17, 15) is 13.6 Å². The van der Waals surface area contributed by atoms with Gasteiger partial charge in [0, 0.05) is 23.9 Å². The van der Waals surface area contributed by atoms with Crippen LogP contribution in [0.25, 0.3) is 16.9 Å². The van der Waals surface area contributed by atoms with Gasteiger partial charge in [0.15, 0.2) is 6.23 Å². The lowest BCUT2D eigenvalue weighted by Gasteiger charge is -2.23. The first kappa shape index (κ1) is 24.6. The second kappa shape index (κ2) is 10.5. The van der Waals surface area contributed by atoms with Gasteiger partial charge in [-0.25, -0.2) is 13.5 Å². The molecule has 4 aromatic rings. The van der Waals surface area contributed by atoms with Gasteiger partial charge in [-0.2, -0.15) is 5.10 Å². The second-order valence-electron chi connectivity index (χ2n) is 8.85. The molecule has 0 saturated carbocycles. The van der Waals surface area contributed by atoms with Crippen LogP contribution in [0.2, 0.25) is 0 Å². The summed E-state index contributed by atoms with van der Waals surface area (Å²) in [5.41, 5.74) is 3.62. The van der Waals surface area contributed by atoms with Gasteiger partial charge in [0.25, 0.3) is 5.91 Å². The summed E-state index contributed by atoms with van der Waals surface area (Å²) in [6, 6.07) is 19.8. The van der Waals surface area contributed by atoms with Crippen LogP contribution in [0.4, 0.5) is 8.78 Å². The third-order valence-corrected chi connectivity index (χ3v) is 6.34. The number of benzene rings is 3. The Morgan fingerprint density at radius 3 is 2.24 bits per heavy atom. The average molecular weight is 504 g/mol. The predicted molar refractivity (Wildman–Crippen MR) is 135 cm³/mol. The van der Waals surface area contributed by atoms with Crippen LogP contribution in [0, 0.1) is 11.6 Å². The molecule has 0 radical (unpaired) electrons. The molecule has 5 rings (SSSR count). The van der Waals surface area contributed by atoms with Crippen LogP contribution < -0.4 is 4.74 Å². The van der Waals surface area contributed by atoms with Crippen molar-refractivity contribution in [2.45, 2.75) is 32.6 Å². The first-order valence-corrected chi connectivity index (χ1v) is 12.2. The van der Waals surface area contributed by atoms with E-state index in [4.69, 9.17) is 14.6 Å². The summed E-state index contributed by atoms with van der Waals surface area (Å²) < 4.78 is 40.5. The highest BCUT2D eigenvalue weighted by Crippen LogP contribution is 2.37. The topological polar surface area (TPSA) is 56.6 Å². The Kier molecular flexibility index (Phi) is 7.01. The molecule has 1 fully saturated rings. The highest BCUT2D eigenvalue weighted by Gasteiger charge is 2.40. The summed E-state index contributed by atoms with van der Waals surface area (Å²) in [6.45, 7) is 4.70. The molecule has 1 aliphatic rings. The SMILES string of the molecule is CCOc1ccc(CCN2C(=O)[C@H](C)O[C@@H]2c2cn(-c3ccc(F)cc3)nc2-c2ccc(F)cc2)cc1. The molecule has 1 aliphatic heterocycles. The number of halogens is 2. The molecule has 0 spiro atoms. The minimum atomic E-state index is -0.681. The molecule has 6 nitrogen and oxygen atoms in total. The molecule has 0 N–H and O–H groups in total. The third-order valence-electron chi connectivity index (χ3n) is 6.34. The normalized spacial score (nSPS) is 17.4. The van der Waals surface area contributed by atoms with E-state index in [1.165, 1.54) is 24.3 Å². The van der Waals surface area contributed by atoms with E-state index in [0.29, 0.717) is 42.1 Å². The van der Waals surface area contributed by atoms with Crippen LogP contribution in [-0.2, 0) is 16.0 Å². The maximum atomic E-state index is 13.7. The predicted octanol–water partition coefficient (Wildman–Crippen LogP) is 5.70. The zero-order chi connectivity index (χ0) is 25.9. The standard InChI is InChI=1S/C29H27F2N3O3/c1-3-36-25-14-4-20(5-15-25)16-17-33-28(35)19(2)37-29(33)26-18-34(24-12-10-23(31)11-13-24)32-27(26)21-6-8-22(30)9-7-21/h4-15,18-19,29H,3,16-17H2,1-2H3/t19-,29+/m0/s1. The Morgan fingerprint density at radius 2 is 1.59 bits per heavy atom. The van der Waals surface area contributed by atoms with Crippen molar-refractivity contribution in [2.75, 3.05) is 13.2 Å². The van der Waals surface area contributed by atoms with Gasteiger partial charge in [-0.3, -0.25) is 4.79 Å². The molecule has 0 unspecified atom stereocenters. The van der Waals surface area contributed by atoms with Gasteiger partial charge in [-0.15, -0.1) is 0 Å². The number of nitrogens with zero attached hydrogens (tertiary/aromatic N) is 3. The van der Waals surface area contributed by atoms with E-state index in [1.54, 1.807) is 47.0 Å². The number of carbonyl (C=O) groups excluding carboxylic acids is 1. The van der Waals surface area contributed by atoms with Gasteiger partial charge in [0.05, 0.1) is 12.3 Å². The van der Waals surface area contributed by atoms with Crippen molar-refractivity contribution in [3.05, 3.63) is 102 Å². The quantitative estimate of drug-likeness (QED) is 0.309. The van der Waals surface area contributed by atoms with Crippen LogP contribution in [-0.4, -0.2) is 39.8 Å². The van der Waals surface area contributed by atoms with Crippen molar-refractivity contribution < 1.29 is 23.0 Å². The van der Waals surface area contributed by atoms with Gasteiger partial charge in [-0.05, 0) is 86.5 Å². The summed E-state index contributed by atoms with van der Waals surface area (Å²) in [5, 5.41) is 4.72. The zero-order valence-corrected chi connectivity index (χ0v) is 20.6. The summed E-state index contributed by atoms with van der Waals surface area (Å²) in [5.74, 6) is -0.0268. The molecule has 0 bridgehead atoms. The Morgan fingerprint density at radius 1 is 0.946 bits per heavy atom. The lowest BCUT2D eigenvalue weighted by Crippen LogP contribution is -2.32. The molecule has 3 aromatic carbocycles. The Hall–Kier alpha value is -4.04. The molecule has 190 valence electrons. The van der Waals surface area contributed by atoms with Crippen LogP contribution in [0.15, 0.2) is 79.0 Å². The molecule has 2 atom stereocenters. The maximum Gasteiger partial charge on any atom is 0.253 e. The van der Waals surface area contributed by atoms with Crippen LogP contribution in [0.5, 0.6) is 5.75 Å². The molecule has 8 heteroatoms. The second-order valence-corrected chi connectivity index (χ2v) is 8.85. The van der Waals surface area contributed by atoms with Crippen molar-refractivity contribution in [1.82, 2.24) is 14.7 Å². The summed E-state index contributed by atoms with van der Waals surface area (Å²) in [4.78, 5) is 14.8. The van der Waals surface area contributed by atoms with Gasteiger partial charge < -0.3 is 14.4 Å². The minimum Gasteiger partial charge on any atom is -0.494 e. The summed E-state index contributed by atoms with van der Waals surface area (Å²) >= 11 is 0. The number of amides is 1. The molecule has 37 heavy (non-hydrogen) atoms. The fraction of sp³-hybridized carbons (Fsp3) is 0.241. The van der Waals surface area contributed by atoms with E-state index in [-0.39, 0.29) is 17.5 Å². The van der Waals surface area contributed by atoms with E-state index in [1.807, 2.05) is 31.2 Å². The van der Waals surface area contributed by atoms with Crippen molar-refractivity contribution in [1.29, 1.82) is 0 Å². The van der Waals surface area contributed by atoms with E-state index < -0.39 is 12.3 Å². The largest absolute Gasteiger partial charge is 0.494 e. The monoisotopic (exact) mass is 503 g/mol. The lowest BCUT2D eigenvalue weighted by atomic mass is 10.1. The molecule has 1 amide bonds. The fourth-order valence-electron chi connectivity index (χ4n) is 4.44. The number of hydrogen-bond donors (Lipinski definition) is 0. The van der Waals surface area contributed by atoms with Gasteiger partial charge >= 0.3 is 0 Å².